The molecule has 0 fully saturated rings. The van der Waals surface area contributed by atoms with Crippen LogP contribution < -0.4 is 14.2 Å². The largest absolute Gasteiger partial charge is 0.493 e. The Morgan fingerprint density at radius 1 is 1.38 bits per heavy atom. The monoisotopic (exact) mass is 222 g/mol. The Labute approximate surface area is 96.3 Å². The lowest BCUT2D eigenvalue weighted by atomic mass is 9.98. The van der Waals surface area contributed by atoms with Gasteiger partial charge in [-0.3, -0.25) is 0 Å². The van der Waals surface area contributed by atoms with Crippen LogP contribution in [0.1, 0.15) is 38.7 Å². The average molecular weight is 222 g/mol. The standard InChI is InChI=1S/C13H18O3/c1-5-8(2)10-6-11(14-4)13-12(7-10)15-9(3)16-13/h6-9H,5H2,1-4H3. The molecule has 1 heterocycles. The number of hydrogen-bond donors (Lipinski definition) is 0. The van der Waals surface area contributed by atoms with Gasteiger partial charge in [-0.2, -0.15) is 0 Å². The van der Waals surface area contributed by atoms with Crippen molar-refractivity contribution in [2.45, 2.75) is 39.4 Å². The van der Waals surface area contributed by atoms with Crippen LogP contribution in [0.2, 0.25) is 0 Å². The number of rotatable bonds is 3. The Bertz CT molecular complexity index is 387. The average Bonchev–Trinajstić information content (AvgIpc) is 2.66. The summed E-state index contributed by atoms with van der Waals surface area (Å²) in [4.78, 5) is 0. The summed E-state index contributed by atoms with van der Waals surface area (Å²) in [6, 6.07) is 4.09. The molecule has 1 aromatic rings. The minimum atomic E-state index is -0.226. The summed E-state index contributed by atoms with van der Waals surface area (Å²) in [6.07, 6.45) is 0.870. The maximum Gasteiger partial charge on any atom is 0.239 e. The highest BCUT2D eigenvalue weighted by atomic mass is 16.7. The molecule has 2 atom stereocenters. The van der Waals surface area contributed by atoms with E-state index in [-0.39, 0.29) is 6.29 Å². The summed E-state index contributed by atoms with van der Waals surface area (Å²) in [5.41, 5.74) is 1.23. The normalized spacial score (nSPS) is 19.6. The van der Waals surface area contributed by atoms with Crippen LogP contribution in [0, 0.1) is 0 Å². The van der Waals surface area contributed by atoms with Crippen molar-refractivity contribution < 1.29 is 14.2 Å². The first-order chi connectivity index (χ1) is 7.65. The highest BCUT2D eigenvalue weighted by molar-refractivity contribution is 5.55. The van der Waals surface area contributed by atoms with Gasteiger partial charge in [-0.15, -0.1) is 0 Å². The van der Waals surface area contributed by atoms with Crippen LogP contribution in [0.4, 0.5) is 0 Å². The summed E-state index contributed by atoms with van der Waals surface area (Å²) < 4.78 is 16.5. The van der Waals surface area contributed by atoms with Gasteiger partial charge in [0.05, 0.1) is 7.11 Å². The Kier molecular flexibility index (Phi) is 2.95. The molecule has 2 rings (SSSR count). The van der Waals surface area contributed by atoms with Crippen LogP contribution in [-0.4, -0.2) is 13.4 Å². The van der Waals surface area contributed by atoms with E-state index in [1.807, 2.05) is 13.0 Å². The third kappa shape index (κ3) is 1.82. The molecule has 0 aliphatic carbocycles. The lowest BCUT2D eigenvalue weighted by Crippen LogP contribution is -2.11. The second kappa shape index (κ2) is 4.24. The van der Waals surface area contributed by atoms with Crippen molar-refractivity contribution in [1.82, 2.24) is 0 Å². The van der Waals surface area contributed by atoms with Crippen molar-refractivity contribution in [3.05, 3.63) is 17.7 Å². The number of benzene rings is 1. The molecule has 0 amide bonds. The molecule has 0 bridgehead atoms. The van der Waals surface area contributed by atoms with Gasteiger partial charge in [0, 0.05) is 6.92 Å². The van der Waals surface area contributed by atoms with E-state index in [9.17, 15) is 0 Å². The molecule has 2 unspecified atom stereocenters. The summed E-state index contributed by atoms with van der Waals surface area (Å²) in [6.45, 7) is 6.24. The molecule has 1 aromatic carbocycles. The molecule has 1 aliphatic rings. The van der Waals surface area contributed by atoms with Crippen LogP contribution in [0.3, 0.4) is 0 Å². The molecule has 3 nitrogen and oxygen atoms in total. The Morgan fingerprint density at radius 3 is 2.75 bits per heavy atom. The van der Waals surface area contributed by atoms with Crippen molar-refractivity contribution in [2.75, 3.05) is 7.11 Å². The minimum Gasteiger partial charge on any atom is -0.493 e. The van der Waals surface area contributed by atoms with Gasteiger partial charge in [0.1, 0.15) is 0 Å². The van der Waals surface area contributed by atoms with Gasteiger partial charge < -0.3 is 14.2 Å². The molecule has 88 valence electrons. The van der Waals surface area contributed by atoms with Gasteiger partial charge in [0.2, 0.25) is 12.0 Å². The zero-order valence-electron chi connectivity index (χ0n) is 10.2. The van der Waals surface area contributed by atoms with E-state index in [1.54, 1.807) is 7.11 Å². The predicted octanol–water partition coefficient (Wildman–Crippen LogP) is 3.33. The maximum absolute atomic E-state index is 5.58. The van der Waals surface area contributed by atoms with Gasteiger partial charge in [-0.05, 0) is 30.0 Å². The van der Waals surface area contributed by atoms with Crippen LogP contribution in [0.5, 0.6) is 17.2 Å². The van der Waals surface area contributed by atoms with E-state index in [0.717, 1.165) is 23.7 Å². The van der Waals surface area contributed by atoms with Gasteiger partial charge in [-0.1, -0.05) is 13.8 Å². The van der Waals surface area contributed by atoms with Crippen molar-refractivity contribution >= 4 is 0 Å². The third-order valence-corrected chi connectivity index (χ3v) is 3.02. The molecule has 3 heteroatoms. The minimum absolute atomic E-state index is 0.226. The fraction of sp³-hybridized carbons (Fsp3) is 0.538. The van der Waals surface area contributed by atoms with Gasteiger partial charge in [0.15, 0.2) is 11.5 Å². The van der Waals surface area contributed by atoms with E-state index >= 15 is 0 Å². The van der Waals surface area contributed by atoms with Crippen LogP contribution in [0.15, 0.2) is 12.1 Å². The molecule has 0 radical (unpaired) electrons. The lowest BCUT2D eigenvalue weighted by molar-refractivity contribution is 0.0664. The van der Waals surface area contributed by atoms with Crippen molar-refractivity contribution in [1.29, 1.82) is 0 Å². The number of methoxy groups -OCH3 is 1. The van der Waals surface area contributed by atoms with Crippen molar-refractivity contribution in [3.8, 4) is 17.2 Å². The van der Waals surface area contributed by atoms with Gasteiger partial charge >= 0.3 is 0 Å². The molecular formula is C13H18O3. The van der Waals surface area contributed by atoms with E-state index < -0.39 is 0 Å². The second-order valence-corrected chi connectivity index (χ2v) is 4.16. The molecule has 0 saturated heterocycles. The second-order valence-electron chi connectivity index (χ2n) is 4.16. The lowest BCUT2D eigenvalue weighted by Gasteiger charge is -2.12. The number of ether oxygens (including phenoxy) is 3. The first kappa shape index (κ1) is 11.1. The van der Waals surface area contributed by atoms with Gasteiger partial charge in [0.25, 0.3) is 0 Å². The fourth-order valence-corrected chi connectivity index (χ4v) is 1.84. The molecule has 0 saturated carbocycles. The molecule has 1 aliphatic heterocycles. The third-order valence-electron chi connectivity index (χ3n) is 3.02. The molecule has 16 heavy (non-hydrogen) atoms. The highest BCUT2D eigenvalue weighted by Gasteiger charge is 2.25. The highest BCUT2D eigenvalue weighted by Crippen LogP contribution is 2.45. The Balaban J connectivity index is 2.42. The summed E-state index contributed by atoms with van der Waals surface area (Å²) in [5, 5.41) is 0. The Morgan fingerprint density at radius 2 is 2.12 bits per heavy atom. The molecule has 0 spiro atoms. The topological polar surface area (TPSA) is 27.7 Å². The van der Waals surface area contributed by atoms with E-state index in [4.69, 9.17) is 14.2 Å². The quantitative estimate of drug-likeness (QED) is 0.785. The molecule has 0 aromatic heterocycles. The van der Waals surface area contributed by atoms with Crippen LogP contribution >= 0.6 is 0 Å². The SMILES string of the molecule is CCC(C)c1cc(OC)c2c(c1)OC(C)O2. The summed E-state index contributed by atoms with van der Waals surface area (Å²) in [5.74, 6) is 2.78. The maximum atomic E-state index is 5.58. The van der Waals surface area contributed by atoms with Crippen molar-refractivity contribution in [3.63, 3.8) is 0 Å². The zero-order chi connectivity index (χ0) is 11.7. The van der Waals surface area contributed by atoms with E-state index in [2.05, 4.69) is 19.9 Å². The first-order valence-electron chi connectivity index (χ1n) is 5.71. The predicted molar refractivity (Wildman–Crippen MR) is 62.4 cm³/mol. The van der Waals surface area contributed by atoms with Gasteiger partial charge in [-0.25, -0.2) is 0 Å². The molecular weight excluding hydrogens is 204 g/mol. The van der Waals surface area contributed by atoms with Crippen molar-refractivity contribution in [2.24, 2.45) is 0 Å². The van der Waals surface area contributed by atoms with E-state index in [1.165, 1.54) is 5.56 Å². The smallest absolute Gasteiger partial charge is 0.239 e. The van der Waals surface area contributed by atoms with Crippen LogP contribution in [-0.2, 0) is 0 Å². The Hall–Kier alpha value is -1.38. The zero-order valence-corrected chi connectivity index (χ0v) is 10.2. The molecule has 0 N–H and O–H groups in total. The van der Waals surface area contributed by atoms with Crippen LogP contribution in [0.25, 0.3) is 0 Å². The number of fused-ring (bicyclic) bond motifs is 1. The summed E-state index contributed by atoms with van der Waals surface area (Å²) >= 11 is 0. The fourth-order valence-electron chi connectivity index (χ4n) is 1.84. The number of hydrogen-bond acceptors (Lipinski definition) is 3. The van der Waals surface area contributed by atoms with E-state index in [0.29, 0.717) is 5.92 Å². The first-order valence-corrected chi connectivity index (χ1v) is 5.71. The summed E-state index contributed by atoms with van der Waals surface area (Å²) in [7, 11) is 1.66.